The molecule has 2 fully saturated rings. The third-order valence-corrected chi connectivity index (χ3v) is 15.2. The molecule has 25 heavy (non-hydrogen) atoms. The van der Waals surface area contributed by atoms with Crippen molar-refractivity contribution in [3.05, 3.63) is 0 Å². The fraction of sp³-hybridized carbons (Fsp3) is 1.00. The topological polar surface area (TPSA) is 9.23 Å². The van der Waals surface area contributed by atoms with Crippen LogP contribution in [-0.4, -0.2) is 33.8 Å². The number of unbranched alkanes of at least 4 members (excludes halogenated alkanes) is 3. The molecule has 2 aliphatic heterocycles. The van der Waals surface area contributed by atoms with Crippen LogP contribution in [0.2, 0.25) is 24.9 Å². The second-order valence-corrected chi connectivity index (χ2v) is 16.7. The average molecular weight is 449 g/mol. The second-order valence-electron chi connectivity index (χ2n) is 8.14. The Balaban J connectivity index is 0.000000446. The van der Waals surface area contributed by atoms with Crippen LogP contribution in [0.5, 0.6) is 0 Å². The van der Waals surface area contributed by atoms with Gasteiger partial charge in [0, 0.05) is 6.92 Å². The number of fused-ring (bicyclic) bond motifs is 2. The molecule has 0 atom stereocenters. The van der Waals surface area contributed by atoms with E-state index in [1.807, 2.05) is 7.11 Å². The van der Waals surface area contributed by atoms with Crippen molar-refractivity contribution >= 4 is 26.7 Å². The van der Waals surface area contributed by atoms with E-state index in [-0.39, 0.29) is 18.9 Å². The van der Waals surface area contributed by atoms with Crippen LogP contribution in [0, 0.1) is 0 Å². The zero-order chi connectivity index (χ0) is 17.6. The number of rotatable bonds is 10. The molecule has 0 N–H and O–H groups in total. The maximum absolute atomic E-state index is 5.56. The molecule has 0 amide bonds. The van der Waals surface area contributed by atoms with Crippen LogP contribution in [0.4, 0.5) is 0 Å². The van der Waals surface area contributed by atoms with Gasteiger partial charge in [0.1, 0.15) is 0 Å². The van der Waals surface area contributed by atoms with Crippen molar-refractivity contribution in [3.63, 3.8) is 0 Å². The van der Waals surface area contributed by atoms with Crippen LogP contribution in [-0.2, 0) is 4.65 Å². The van der Waals surface area contributed by atoms with E-state index in [2.05, 4.69) is 20.8 Å². The molecule has 0 aromatic heterocycles. The van der Waals surface area contributed by atoms with Crippen LogP contribution in [0.1, 0.15) is 97.8 Å². The van der Waals surface area contributed by atoms with Crippen LogP contribution >= 0.6 is 0 Å². The normalized spacial score (nSPS) is 22.9. The number of hydrogen-bond acceptors (Lipinski definition) is 1. The van der Waals surface area contributed by atoms with Gasteiger partial charge in [-0.15, -0.1) is 0 Å². The molecule has 142 valence electrons. The van der Waals surface area contributed by atoms with Gasteiger partial charge in [0.25, 0.3) is 0 Å². The van der Waals surface area contributed by atoms with Crippen molar-refractivity contribution in [1.82, 2.24) is 0 Å². The first-order valence-electron chi connectivity index (χ1n) is 11.1. The first-order chi connectivity index (χ1) is 11.8. The molecule has 0 unspecified atom stereocenters. The van der Waals surface area contributed by atoms with Crippen LogP contribution < -0.4 is 18.9 Å². The van der Waals surface area contributed by atoms with Crippen LogP contribution in [0.15, 0.2) is 0 Å². The minimum atomic E-state index is -0.839. The summed E-state index contributed by atoms with van der Waals surface area (Å²) in [6, 6.07) is 0. The molecule has 4 heteroatoms. The van der Waals surface area contributed by atoms with Gasteiger partial charge in [-0.1, -0.05) is 38.5 Å². The average Bonchev–Trinajstić information content (AvgIpc) is 2.61. The zero-order valence-electron chi connectivity index (χ0n) is 18.2. The summed E-state index contributed by atoms with van der Waals surface area (Å²) in [5, 5.41) is 0. The van der Waals surface area contributed by atoms with Gasteiger partial charge in [0.15, 0.2) is 0 Å². The van der Waals surface area contributed by atoms with Gasteiger partial charge in [0.05, 0.1) is 0 Å². The summed E-state index contributed by atoms with van der Waals surface area (Å²) in [6.45, 7) is 7.62. The van der Waals surface area contributed by atoms with Crippen LogP contribution in [0.25, 0.3) is 0 Å². The third kappa shape index (κ3) is 11.1. The molecule has 0 aromatic carbocycles. The quantitative estimate of drug-likeness (QED) is 0.443. The molecule has 0 saturated carbocycles. The SMILES string of the molecule is CCC[CH2][Sn]([CH2]CCC)[CH2]CCC.CO[B-]1C2CCCC1CCC2.[Li+]. The van der Waals surface area contributed by atoms with E-state index in [1.165, 1.54) is 77.0 Å². The molecule has 0 spiro atoms. The van der Waals surface area contributed by atoms with Gasteiger partial charge >= 0.3 is 111 Å². The summed E-state index contributed by atoms with van der Waals surface area (Å²) >= 11 is -0.839. The van der Waals surface area contributed by atoms with Gasteiger partial charge in [-0.3, -0.25) is 0 Å². The predicted octanol–water partition coefficient (Wildman–Crippen LogP) is 4.62. The van der Waals surface area contributed by atoms with Gasteiger partial charge in [-0.25, -0.2) is 0 Å². The monoisotopic (exact) mass is 450 g/mol. The second kappa shape index (κ2) is 17.5. The molecule has 2 aliphatic rings. The van der Waals surface area contributed by atoms with Gasteiger partial charge in [-0.2, -0.15) is 11.6 Å². The fourth-order valence-corrected chi connectivity index (χ4v) is 14.1. The Morgan fingerprint density at radius 1 is 0.760 bits per heavy atom. The van der Waals surface area contributed by atoms with Crippen molar-refractivity contribution in [3.8, 4) is 0 Å². The van der Waals surface area contributed by atoms with Crippen molar-refractivity contribution in [2.24, 2.45) is 0 Å². The zero-order valence-corrected chi connectivity index (χ0v) is 21.1. The van der Waals surface area contributed by atoms with Crippen LogP contribution in [0.3, 0.4) is 0 Å². The molecule has 0 aromatic rings. The van der Waals surface area contributed by atoms with Gasteiger partial charge in [0.2, 0.25) is 0 Å². The Labute approximate surface area is 179 Å². The minimum absolute atomic E-state index is 0. The molecule has 0 aliphatic carbocycles. The molecule has 2 rings (SSSR count). The summed E-state index contributed by atoms with van der Waals surface area (Å²) in [5.74, 6) is 1.82. The van der Waals surface area contributed by atoms with E-state index in [9.17, 15) is 0 Å². The van der Waals surface area contributed by atoms with E-state index in [1.54, 1.807) is 13.3 Å². The summed E-state index contributed by atoms with van der Waals surface area (Å²) in [4.78, 5) is 0. The van der Waals surface area contributed by atoms with Gasteiger partial charge < -0.3 is 4.65 Å². The first-order valence-corrected chi connectivity index (χ1v) is 17.2. The largest absolute Gasteiger partial charge is 1.00 e. The molecule has 2 radical (unpaired) electrons. The first kappa shape index (κ1) is 26.4. The van der Waals surface area contributed by atoms with Crippen molar-refractivity contribution < 1.29 is 23.5 Å². The van der Waals surface area contributed by atoms with E-state index in [4.69, 9.17) is 4.65 Å². The maximum atomic E-state index is 5.56. The molecule has 2 saturated heterocycles. The Hall–Kier alpha value is 1.42. The van der Waals surface area contributed by atoms with E-state index in [0.29, 0.717) is 6.92 Å². The molecular weight excluding hydrogens is 405 g/mol. The minimum Gasteiger partial charge on any atom is -0.624 e. The Kier molecular flexibility index (Phi) is 18.5. The molecular formula is C21H44BLiOSn. The van der Waals surface area contributed by atoms with Crippen molar-refractivity contribution in [1.29, 1.82) is 0 Å². The van der Waals surface area contributed by atoms with Crippen molar-refractivity contribution in [2.45, 2.75) is 123 Å². The van der Waals surface area contributed by atoms with E-state index in [0.717, 1.165) is 11.6 Å². The fourth-order valence-electron chi connectivity index (χ4n) is 4.66. The smallest absolute Gasteiger partial charge is 0.624 e. The standard InChI is InChI=1S/C9H17BO.3C4H9.Li.Sn/c1-11-10-8-4-2-5-9(10)7-3-6-8;3*1-3-4-2;;/h8-9H,2-7H2,1H3;3*1,3-4H2,2H3;;/q-1;;;;+1;. The Bertz CT molecular complexity index is 252. The third-order valence-electron chi connectivity index (χ3n) is 6.15. The summed E-state index contributed by atoms with van der Waals surface area (Å²) in [7, 11) is 1.89. The summed E-state index contributed by atoms with van der Waals surface area (Å²) < 4.78 is 10.6. The summed E-state index contributed by atoms with van der Waals surface area (Å²) in [5.41, 5.74) is 0. The van der Waals surface area contributed by atoms with E-state index < -0.39 is 19.8 Å². The predicted molar refractivity (Wildman–Crippen MR) is 113 cm³/mol. The van der Waals surface area contributed by atoms with E-state index >= 15 is 0 Å². The maximum Gasteiger partial charge on any atom is 1.00 e. The van der Waals surface area contributed by atoms with Gasteiger partial charge in [-0.05, 0) is 7.11 Å². The Morgan fingerprint density at radius 2 is 1.12 bits per heavy atom. The summed E-state index contributed by atoms with van der Waals surface area (Å²) in [6.07, 6.45) is 17.5. The Morgan fingerprint density at radius 3 is 1.36 bits per heavy atom. The molecule has 1 nitrogen and oxygen atoms in total. The molecule has 2 bridgehead atoms. The van der Waals surface area contributed by atoms with Crippen molar-refractivity contribution in [2.75, 3.05) is 7.11 Å². The molecule has 2 heterocycles. The number of hydrogen-bond donors (Lipinski definition) is 0.